The van der Waals surface area contributed by atoms with Crippen LogP contribution in [0.3, 0.4) is 0 Å². The van der Waals surface area contributed by atoms with Crippen molar-refractivity contribution in [1.82, 2.24) is 4.90 Å². The first-order chi connectivity index (χ1) is 14.7. The molecule has 0 heterocycles. The molecule has 0 fully saturated rings. The Morgan fingerprint density at radius 3 is 2.07 bits per heavy atom. The van der Waals surface area contributed by atoms with E-state index in [2.05, 4.69) is 0 Å². The average Bonchev–Trinajstić information content (AvgIpc) is 2.81. The summed E-state index contributed by atoms with van der Waals surface area (Å²) in [4.78, 5) is 26.8. The van der Waals surface area contributed by atoms with Crippen molar-refractivity contribution in [3.8, 4) is 5.75 Å². The van der Waals surface area contributed by atoms with Crippen molar-refractivity contribution in [2.75, 3.05) is 13.2 Å². The summed E-state index contributed by atoms with van der Waals surface area (Å²) in [6.45, 7) is 2.93. The lowest BCUT2D eigenvalue weighted by molar-refractivity contribution is -0.134. The molecule has 0 aliphatic carbocycles. The summed E-state index contributed by atoms with van der Waals surface area (Å²) in [6.07, 6.45) is 0. The summed E-state index contributed by atoms with van der Waals surface area (Å²) in [5, 5.41) is 0. The molecule has 0 spiro atoms. The molecule has 0 aliphatic heterocycles. The van der Waals surface area contributed by atoms with Crippen LogP contribution in [0.15, 0.2) is 84.9 Å². The summed E-state index contributed by atoms with van der Waals surface area (Å²) >= 11 is 0. The van der Waals surface area contributed by atoms with E-state index >= 15 is 0 Å². The summed E-state index contributed by atoms with van der Waals surface area (Å²) in [7, 11) is 0. The van der Waals surface area contributed by atoms with Crippen molar-refractivity contribution < 1.29 is 19.1 Å². The molecule has 1 amide bonds. The molecule has 0 unspecified atom stereocenters. The molecule has 5 nitrogen and oxygen atoms in total. The second-order valence-corrected chi connectivity index (χ2v) is 6.74. The second kappa shape index (κ2) is 10.8. The quantitative estimate of drug-likeness (QED) is 0.495. The Hall–Kier alpha value is -3.60. The zero-order chi connectivity index (χ0) is 21.2. The Morgan fingerprint density at radius 1 is 0.800 bits per heavy atom. The van der Waals surface area contributed by atoms with Gasteiger partial charge < -0.3 is 14.4 Å². The molecule has 5 heteroatoms. The molecule has 154 valence electrons. The average molecular weight is 403 g/mol. The lowest BCUT2D eigenvalue weighted by Gasteiger charge is -2.21. The van der Waals surface area contributed by atoms with Crippen molar-refractivity contribution in [3.63, 3.8) is 0 Å². The third-order valence-electron chi connectivity index (χ3n) is 4.62. The van der Waals surface area contributed by atoms with Crippen LogP contribution in [0.4, 0.5) is 0 Å². The van der Waals surface area contributed by atoms with Gasteiger partial charge in [0.2, 0.25) is 0 Å². The van der Waals surface area contributed by atoms with Gasteiger partial charge in [-0.3, -0.25) is 4.79 Å². The Bertz CT molecular complexity index is 957. The highest BCUT2D eigenvalue weighted by atomic mass is 16.5. The fourth-order valence-corrected chi connectivity index (χ4v) is 2.97. The minimum absolute atomic E-state index is 0.239. The monoisotopic (exact) mass is 403 g/mol. The minimum atomic E-state index is -0.581. The highest BCUT2D eigenvalue weighted by molar-refractivity contribution is 5.94. The summed E-state index contributed by atoms with van der Waals surface area (Å²) in [5.41, 5.74) is 2.32. The van der Waals surface area contributed by atoms with E-state index in [1.54, 1.807) is 29.2 Å². The molecule has 3 aromatic rings. The lowest BCUT2D eigenvalue weighted by Crippen LogP contribution is -2.34. The Balaban J connectivity index is 1.58. The van der Waals surface area contributed by atoms with Crippen molar-refractivity contribution in [1.29, 1.82) is 0 Å². The number of carbonyl (C=O) groups is 2. The highest BCUT2D eigenvalue weighted by Gasteiger charge is 2.18. The molecule has 0 aromatic heterocycles. The number of hydrogen-bond acceptors (Lipinski definition) is 4. The molecule has 0 aliphatic rings. The molecule has 0 radical (unpaired) electrons. The third-order valence-corrected chi connectivity index (χ3v) is 4.62. The number of benzene rings is 3. The maximum absolute atomic E-state index is 12.6. The largest absolute Gasteiger partial charge is 0.488 e. The Kier molecular flexibility index (Phi) is 7.61. The van der Waals surface area contributed by atoms with E-state index in [0.717, 1.165) is 11.1 Å². The van der Waals surface area contributed by atoms with Gasteiger partial charge in [-0.1, -0.05) is 72.8 Å². The maximum atomic E-state index is 12.6. The van der Waals surface area contributed by atoms with Gasteiger partial charge >= 0.3 is 5.97 Å². The van der Waals surface area contributed by atoms with Crippen LogP contribution in [0, 0.1) is 0 Å². The fourth-order valence-electron chi connectivity index (χ4n) is 2.97. The first-order valence-electron chi connectivity index (χ1n) is 9.92. The number of para-hydroxylation sites is 1. The van der Waals surface area contributed by atoms with Gasteiger partial charge in [0.1, 0.15) is 17.9 Å². The van der Waals surface area contributed by atoms with Gasteiger partial charge in [0, 0.05) is 13.1 Å². The van der Waals surface area contributed by atoms with Crippen LogP contribution < -0.4 is 4.74 Å². The number of esters is 1. The topological polar surface area (TPSA) is 55.8 Å². The second-order valence-electron chi connectivity index (χ2n) is 6.74. The minimum Gasteiger partial charge on any atom is -0.488 e. The van der Waals surface area contributed by atoms with Crippen LogP contribution in [0.5, 0.6) is 5.75 Å². The van der Waals surface area contributed by atoms with Gasteiger partial charge in [-0.25, -0.2) is 4.79 Å². The van der Waals surface area contributed by atoms with E-state index in [9.17, 15) is 9.59 Å². The predicted molar refractivity (Wildman–Crippen MR) is 115 cm³/mol. The van der Waals surface area contributed by atoms with Gasteiger partial charge in [0.05, 0.1) is 0 Å². The van der Waals surface area contributed by atoms with E-state index in [1.165, 1.54) is 0 Å². The smallest absolute Gasteiger partial charge is 0.342 e. The van der Waals surface area contributed by atoms with Crippen LogP contribution in [0.2, 0.25) is 0 Å². The van der Waals surface area contributed by atoms with Crippen LogP contribution in [-0.2, 0) is 22.7 Å². The number of rotatable bonds is 9. The highest BCUT2D eigenvalue weighted by Crippen LogP contribution is 2.20. The van der Waals surface area contributed by atoms with Gasteiger partial charge in [0.25, 0.3) is 5.91 Å². The van der Waals surface area contributed by atoms with E-state index in [1.807, 2.05) is 67.6 Å². The van der Waals surface area contributed by atoms with Crippen LogP contribution >= 0.6 is 0 Å². The first-order valence-corrected chi connectivity index (χ1v) is 9.92. The van der Waals surface area contributed by atoms with Crippen molar-refractivity contribution in [2.45, 2.75) is 20.1 Å². The Labute approximate surface area is 176 Å². The molecule has 0 atom stereocenters. The zero-order valence-electron chi connectivity index (χ0n) is 17.0. The zero-order valence-corrected chi connectivity index (χ0v) is 17.0. The Morgan fingerprint density at radius 2 is 1.40 bits per heavy atom. The summed E-state index contributed by atoms with van der Waals surface area (Å²) in [6, 6.07) is 26.3. The SMILES string of the molecule is CCN(Cc1ccccc1)C(=O)COC(=O)c1ccccc1OCc1ccccc1. The van der Waals surface area contributed by atoms with E-state index in [4.69, 9.17) is 9.47 Å². The molecule has 0 saturated carbocycles. The number of likely N-dealkylation sites (N-methyl/N-ethyl adjacent to an activating group) is 1. The van der Waals surface area contributed by atoms with Gasteiger partial charge in [-0.2, -0.15) is 0 Å². The molecule has 0 bridgehead atoms. The van der Waals surface area contributed by atoms with Crippen LogP contribution in [0.1, 0.15) is 28.4 Å². The molecule has 0 N–H and O–H groups in total. The fraction of sp³-hybridized carbons (Fsp3) is 0.200. The number of hydrogen-bond donors (Lipinski definition) is 0. The molecule has 3 aromatic carbocycles. The third kappa shape index (κ3) is 5.95. The molecule has 3 rings (SSSR count). The lowest BCUT2D eigenvalue weighted by atomic mass is 10.2. The van der Waals surface area contributed by atoms with Gasteiger partial charge in [-0.05, 0) is 30.2 Å². The number of amides is 1. The first kappa shape index (κ1) is 21.1. The van der Waals surface area contributed by atoms with Crippen LogP contribution in [0.25, 0.3) is 0 Å². The summed E-state index contributed by atoms with van der Waals surface area (Å²) in [5.74, 6) is -0.393. The van der Waals surface area contributed by atoms with Gasteiger partial charge in [0.15, 0.2) is 6.61 Å². The van der Waals surface area contributed by atoms with Crippen molar-refractivity contribution >= 4 is 11.9 Å². The van der Waals surface area contributed by atoms with E-state index in [0.29, 0.717) is 31.0 Å². The normalized spacial score (nSPS) is 10.3. The maximum Gasteiger partial charge on any atom is 0.342 e. The number of carbonyl (C=O) groups excluding carboxylic acids is 2. The van der Waals surface area contributed by atoms with E-state index < -0.39 is 5.97 Å². The summed E-state index contributed by atoms with van der Waals surface area (Å²) < 4.78 is 11.1. The van der Waals surface area contributed by atoms with E-state index in [-0.39, 0.29) is 12.5 Å². The number of nitrogens with zero attached hydrogens (tertiary/aromatic N) is 1. The standard InChI is InChI=1S/C25H25NO4/c1-2-26(17-20-11-5-3-6-12-20)24(27)19-30-25(28)22-15-9-10-16-23(22)29-18-21-13-7-4-8-14-21/h3-16H,2,17-19H2,1H3. The van der Waals surface area contributed by atoms with Crippen molar-refractivity contribution in [2.24, 2.45) is 0 Å². The molecule has 30 heavy (non-hydrogen) atoms. The molecular formula is C25H25NO4. The number of ether oxygens (including phenoxy) is 2. The predicted octanol–water partition coefficient (Wildman–Crippen LogP) is 4.47. The molecule has 0 saturated heterocycles. The van der Waals surface area contributed by atoms with Crippen molar-refractivity contribution in [3.05, 3.63) is 102 Å². The van der Waals surface area contributed by atoms with Crippen LogP contribution in [-0.4, -0.2) is 29.9 Å². The molecular weight excluding hydrogens is 378 g/mol. The van der Waals surface area contributed by atoms with Gasteiger partial charge in [-0.15, -0.1) is 0 Å².